The summed E-state index contributed by atoms with van der Waals surface area (Å²) in [6.45, 7) is 1.90. The van der Waals surface area contributed by atoms with Crippen LogP contribution in [0.5, 0.6) is 5.75 Å². The van der Waals surface area contributed by atoms with E-state index in [-0.39, 0.29) is 12.5 Å². The second-order valence-electron chi connectivity index (χ2n) is 5.36. The molecule has 1 N–H and O–H groups in total. The Morgan fingerprint density at radius 1 is 1.28 bits per heavy atom. The quantitative estimate of drug-likeness (QED) is 0.649. The van der Waals surface area contributed by atoms with Gasteiger partial charge in [-0.3, -0.25) is 9.20 Å². The number of nitrogens with one attached hydrogen (secondary N) is 1. The van der Waals surface area contributed by atoms with E-state index < -0.39 is 6.10 Å². The third kappa shape index (κ3) is 4.18. The van der Waals surface area contributed by atoms with Crippen LogP contribution in [0.15, 0.2) is 42.6 Å². The largest absolute Gasteiger partial charge is 0.479 e. The number of carbonyl (C=O) groups excluding carboxylic acids is 1. The number of hydrogen-bond donors (Lipinski definition) is 1. The number of halogens is 3. The minimum absolute atomic E-state index is 0.263. The van der Waals surface area contributed by atoms with Gasteiger partial charge in [0.15, 0.2) is 6.10 Å². The normalized spacial score (nSPS) is 12.2. The van der Waals surface area contributed by atoms with Crippen LogP contribution in [0.2, 0.25) is 15.2 Å². The Morgan fingerprint density at radius 3 is 2.80 bits per heavy atom. The molecule has 2 aromatic heterocycles. The van der Waals surface area contributed by atoms with Crippen molar-refractivity contribution < 1.29 is 9.53 Å². The molecular weight excluding hydrogens is 385 g/mol. The fraction of sp³-hybridized carbons (Fsp3) is 0.176. The zero-order valence-electron chi connectivity index (χ0n) is 13.2. The van der Waals surface area contributed by atoms with Gasteiger partial charge in [0.1, 0.15) is 16.5 Å². The molecule has 0 aliphatic carbocycles. The standard InChI is InChI=1S/C17H14Cl3N3O2/c1-10(25-14-6-5-11(18)7-13(14)19)17(24)21-8-12-9-23-15(20)3-2-4-16(23)22-12/h2-7,9-10H,8H2,1H3,(H,21,24). The Morgan fingerprint density at radius 2 is 2.08 bits per heavy atom. The molecule has 0 spiro atoms. The van der Waals surface area contributed by atoms with E-state index in [4.69, 9.17) is 39.5 Å². The zero-order valence-corrected chi connectivity index (χ0v) is 15.4. The molecule has 0 aliphatic rings. The summed E-state index contributed by atoms with van der Waals surface area (Å²) < 4.78 is 7.33. The molecule has 0 bridgehead atoms. The van der Waals surface area contributed by atoms with E-state index >= 15 is 0 Å². The van der Waals surface area contributed by atoms with E-state index in [2.05, 4.69) is 10.3 Å². The summed E-state index contributed by atoms with van der Waals surface area (Å²) in [7, 11) is 0. The topological polar surface area (TPSA) is 55.6 Å². The highest BCUT2D eigenvalue weighted by molar-refractivity contribution is 6.35. The molecule has 0 radical (unpaired) electrons. The Kier molecular flexibility index (Phi) is 5.37. The third-order valence-electron chi connectivity index (χ3n) is 3.50. The summed E-state index contributed by atoms with van der Waals surface area (Å²) >= 11 is 18.0. The first-order valence-corrected chi connectivity index (χ1v) is 8.59. The van der Waals surface area contributed by atoms with Gasteiger partial charge in [0.2, 0.25) is 0 Å². The van der Waals surface area contributed by atoms with E-state index in [1.807, 2.05) is 12.1 Å². The van der Waals surface area contributed by atoms with Gasteiger partial charge < -0.3 is 10.1 Å². The average Bonchev–Trinajstić information content (AvgIpc) is 2.99. The molecular formula is C17H14Cl3N3O2. The summed E-state index contributed by atoms with van der Waals surface area (Å²) in [6.07, 6.45) is 1.05. The van der Waals surface area contributed by atoms with E-state index in [1.54, 1.807) is 41.8 Å². The number of aromatic nitrogens is 2. The fourth-order valence-corrected chi connectivity index (χ4v) is 2.91. The minimum atomic E-state index is -0.723. The predicted molar refractivity (Wildman–Crippen MR) is 98.6 cm³/mol. The maximum absolute atomic E-state index is 12.2. The highest BCUT2D eigenvalue weighted by Crippen LogP contribution is 2.28. The molecule has 8 heteroatoms. The van der Waals surface area contributed by atoms with Gasteiger partial charge in [0, 0.05) is 11.2 Å². The number of carbonyl (C=O) groups is 1. The number of rotatable bonds is 5. The van der Waals surface area contributed by atoms with Gasteiger partial charge in [0.25, 0.3) is 5.91 Å². The van der Waals surface area contributed by atoms with E-state index in [9.17, 15) is 4.79 Å². The number of benzene rings is 1. The molecule has 3 rings (SSSR count). The van der Waals surface area contributed by atoms with Crippen molar-refractivity contribution in [3.8, 4) is 5.75 Å². The summed E-state index contributed by atoms with van der Waals surface area (Å²) in [6, 6.07) is 10.3. The van der Waals surface area contributed by atoms with Crippen LogP contribution < -0.4 is 10.1 Å². The number of amides is 1. The molecule has 130 valence electrons. The van der Waals surface area contributed by atoms with Gasteiger partial charge in [-0.05, 0) is 37.3 Å². The molecule has 0 aliphatic heterocycles. The van der Waals surface area contributed by atoms with Crippen molar-refractivity contribution in [2.45, 2.75) is 19.6 Å². The van der Waals surface area contributed by atoms with Gasteiger partial charge >= 0.3 is 0 Å². The van der Waals surface area contributed by atoms with Gasteiger partial charge in [-0.1, -0.05) is 40.9 Å². The second-order valence-corrected chi connectivity index (χ2v) is 6.59. The molecule has 1 unspecified atom stereocenters. The Bertz CT molecular complexity index is 927. The minimum Gasteiger partial charge on any atom is -0.479 e. The lowest BCUT2D eigenvalue weighted by molar-refractivity contribution is -0.127. The third-order valence-corrected chi connectivity index (χ3v) is 4.34. The molecule has 0 saturated heterocycles. The number of fused-ring (bicyclic) bond motifs is 1. The van der Waals surface area contributed by atoms with Crippen LogP contribution in [0, 0.1) is 0 Å². The first kappa shape index (κ1) is 17.9. The molecule has 25 heavy (non-hydrogen) atoms. The lowest BCUT2D eigenvalue weighted by Crippen LogP contribution is -2.36. The number of hydrogen-bond acceptors (Lipinski definition) is 3. The van der Waals surface area contributed by atoms with Crippen LogP contribution in [-0.2, 0) is 11.3 Å². The first-order chi connectivity index (χ1) is 11.9. The lowest BCUT2D eigenvalue weighted by Gasteiger charge is -2.15. The number of imidazole rings is 1. The molecule has 1 amide bonds. The summed E-state index contributed by atoms with van der Waals surface area (Å²) in [5.74, 6) is 0.113. The number of pyridine rings is 1. The maximum Gasteiger partial charge on any atom is 0.261 e. The highest BCUT2D eigenvalue weighted by Gasteiger charge is 2.16. The van der Waals surface area contributed by atoms with Crippen LogP contribution in [0.3, 0.4) is 0 Å². The second kappa shape index (κ2) is 7.52. The van der Waals surface area contributed by atoms with Crippen molar-refractivity contribution in [3.05, 3.63) is 63.5 Å². The smallest absolute Gasteiger partial charge is 0.261 e. The van der Waals surface area contributed by atoms with Crippen molar-refractivity contribution in [2.75, 3.05) is 0 Å². The monoisotopic (exact) mass is 397 g/mol. The van der Waals surface area contributed by atoms with E-state index in [1.165, 1.54) is 0 Å². The summed E-state index contributed by atoms with van der Waals surface area (Å²) in [5.41, 5.74) is 1.41. The maximum atomic E-state index is 12.2. The van der Waals surface area contributed by atoms with Crippen LogP contribution in [0.4, 0.5) is 0 Å². The van der Waals surface area contributed by atoms with Crippen molar-refractivity contribution >= 4 is 46.4 Å². The molecule has 1 aromatic carbocycles. The molecule has 1 atom stereocenters. The van der Waals surface area contributed by atoms with Crippen LogP contribution in [0.1, 0.15) is 12.6 Å². The van der Waals surface area contributed by atoms with Gasteiger partial charge in [-0.2, -0.15) is 0 Å². The average molecular weight is 399 g/mol. The van der Waals surface area contributed by atoms with Crippen molar-refractivity contribution in [1.29, 1.82) is 0 Å². The molecule has 0 fully saturated rings. The van der Waals surface area contributed by atoms with Gasteiger partial charge in [0.05, 0.1) is 17.3 Å². The Labute approximate surface area is 159 Å². The van der Waals surface area contributed by atoms with Crippen LogP contribution in [0.25, 0.3) is 5.65 Å². The summed E-state index contributed by atoms with van der Waals surface area (Å²) in [5, 5.41) is 4.18. The van der Waals surface area contributed by atoms with Crippen LogP contribution >= 0.6 is 34.8 Å². The number of nitrogens with zero attached hydrogens (tertiary/aromatic N) is 2. The SMILES string of the molecule is CC(Oc1ccc(Cl)cc1Cl)C(=O)NCc1cn2c(Cl)cccc2n1. The molecule has 3 aromatic rings. The number of ether oxygens (including phenoxy) is 1. The Balaban J connectivity index is 1.62. The Hall–Kier alpha value is -1.95. The molecule has 0 saturated carbocycles. The van der Waals surface area contributed by atoms with E-state index in [0.717, 1.165) is 0 Å². The molecule has 5 nitrogen and oxygen atoms in total. The zero-order chi connectivity index (χ0) is 18.0. The van der Waals surface area contributed by atoms with Gasteiger partial charge in [-0.15, -0.1) is 0 Å². The van der Waals surface area contributed by atoms with Crippen molar-refractivity contribution in [2.24, 2.45) is 0 Å². The van der Waals surface area contributed by atoms with Crippen molar-refractivity contribution in [1.82, 2.24) is 14.7 Å². The van der Waals surface area contributed by atoms with Gasteiger partial charge in [-0.25, -0.2) is 4.98 Å². The first-order valence-electron chi connectivity index (χ1n) is 7.46. The van der Waals surface area contributed by atoms with Crippen molar-refractivity contribution in [3.63, 3.8) is 0 Å². The predicted octanol–water partition coefficient (Wildman–Crippen LogP) is 4.38. The summed E-state index contributed by atoms with van der Waals surface area (Å²) in [4.78, 5) is 16.6. The fourth-order valence-electron chi connectivity index (χ4n) is 2.25. The van der Waals surface area contributed by atoms with Crippen LogP contribution in [-0.4, -0.2) is 21.4 Å². The molecule has 2 heterocycles. The lowest BCUT2D eigenvalue weighted by atomic mass is 10.3. The highest BCUT2D eigenvalue weighted by atomic mass is 35.5. The van der Waals surface area contributed by atoms with E-state index in [0.29, 0.717) is 32.3 Å².